The third-order valence-electron chi connectivity index (χ3n) is 3.27. The van der Waals surface area contributed by atoms with E-state index in [9.17, 15) is 14.7 Å². The molecule has 118 valence electrons. The molecule has 1 aliphatic rings. The number of unbranched alkanes of at least 4 members (excludes halogenated alkanes) is 3. The Kier molecular flexibility index (Phi) is 10.1. The fourth-order valence-electron chi connectivity index (χ4n) is 1.81. The first-order chi connectivity index (χ1) is 9.40. The highest BCUT2D eigenvalue weighted by Gasteiger charge is 2.28. The van der Waals surface area contributed by atoms with Crippen LogP contribution in [-0.4, -0.2) is 34.4 Å². The van der Waals surface area contributed by atoms with E-state index in [1.807, 2.05) is 0 Å². The minimum Gasteiger partial charge on any atom is -0.479 e. The summed E-state index contributed by atoms with van der Waals surface area (Å²) in [6, 6.07) is 0. The number of esters is 1. The molecule has 0 aromatic rings. The number of hydrogen-bond acceptors (Lipinski definition) is 4. The van der Waals surface area contributed by atoms with E-state index >= 15 is 0 Å². The molecule has 0 aromatic carbocycles. The Morgan fingerprint density at radius 3 is 2.55 bits per heavy atom. The molecule has 1 rings (SSSR count). The summed E-state index contributed by atoms with van der Waals surface area (Å²) in [7, 11) is 0. The van der Waals surface area contributed by atoms with Crippen LogP contribution >= 0.6 is 0 Å². The summed E-state index contributed by atoms with van der Waals surface area (Å²) >= 11 is 0. The Labute approximate surface area is 121 Å². The topological polar surface area (TPSA) is 83.8 Å². The van der Waals surface area contributed by atoms with Crippen LogP contribution < -0.4 is 0 Å². The van der Waals surface area contributed by atoms with E-state index in [0.717, 1.165) is 44.9 Å². The third-order valence-corrected chi connectivity index (χ3v) is 3.27. The molecule has 20 heavy (non-hydrogen) atoms. The van der Waals surface area contributed by atoms with Crippen molar-refractivity contribution in [2.24, 2.45) is 0 Å². The van der Waals surface area contributed by atoms with Gasteiger partial charge in [-0.3, -0.25) is 4.79 Å². The number of aliphatic hydroxyl groups is 1. The summed E-state index contributed by atoms with van der Waals surface area (Å²) in [6.45, 7) is 4.08. The number of carboxylic acid groups (broad SMARTS) is 1. The lowest BCUT2D eigenvalue weighted by Gasteiger charge is -2.16. The zero-order valence-corrected chi connectivity index (χ0v) is 12.7. The van der Waals surface area contributed by atoms with Gasteiger partial charge in [0.1, 0.15) is 0 Å². The van der Waals surface area contributed by atoms with Gasteiger partial charge in [-0.1, -0.05) is 26.2 Å². The molecule has 5 nitrogen and oxygen atoms in total. The highest BCUT2D eigenvalue weighted by atomic mass is 16.5. The lowest BCUT2D eigenvalue weighted by molar-refractivity contribution is -0.157. The zero-order chi connectivity index (χ0) is 15.4. The molecule has 2 N–H and O–H groups in total. The first-order valence-corrected chi connectivity index (χ1v) is 7.51. The first-order valence-electron chi connectivity index (χ1n) is 7.51. The van der Waals surface area contributed by atoms with Gasteiger partial charge in [-0.25, -0.2) is 4.79 Å². The van der Waals surface area contributed by atoms with E-state index < -0.39 is 11.6 Å². The molecule has 0 radical (unpaired) electrons. The van der Waals surface area contributed by atoms with Gasteiger partial charge in [-0.15, -0.1) is 0 Å². The average Bonchev–Trinajstić information content (AvgIpc) is 2.63. The van der Waals surface area contributed by atoms with Crippen molar-refractivity contribution in [2.45, 2.75) is 77.2 Å². The summed E-state index contributed by atoms with van der Waals surface area (Å²) in [5, 5.41) is 17.8. The van der Waals surface area contributed by atoms with E-state index in [-0.39, 0.29) is 5.97 Å². The number of rotatable bonds is 6. The molecule has 0 aromatic heterocycles. The van der Waals surface area contributed by atoms with Crippen LogP contribution in [0.3, 0.4) is 0 Å². The second-order valence-electron chi connectivity index (χ2n) is 5.42. The predicted octanol–water partition coefficient (Wildman–Crippen LogP) is 2.90. The molecule has 1 unspecified atom stereocenters. The van der Waals surface area contributed by atoms with Crippen LogP contribution in [0.4, 0.5) is 0 Å². The van der Waals surface area contributed by atoms with Gasteiger partial charge in [0, 0.05) is 6.42 Å². The van der Waals surface area contributed by atoms with Gasteiger partial charge in [-0.05, 0) is 39.0 Å². The van der Waals surface area contributed by atoms with Gasteiger partial charge < -0.3 is 14.9 Å². The Hall–Kier alpha value is -1.10. The van der Waals surface area contributed by atoms with Crippen LogP contribution in [0.2, 0.25) is 0 Å². The molecule has 1 heterocycles. The highest BCUT2D eigenvalue weighted by molar-refractivity contribution is 5.76. The number of carbonyl (C=O) groups excluding carboxylic acids is 1. The van der Waals surface area contributed by atoms with Gasteiger partial charge in [0.25, 0.3) is 0 Å². The van der Waals surface area contributed by atoms with E-state index in [1.165, 1.54) is 6.92 Å². The Morgan fingerprint density at radius 1 is 1.25 bits per heavy atom. The van der Waals surface area contributed by atoms with Crippen molar-refractivity contribution in [3.05, 3.63) is 0 Å². The minimum absolute atomic E-state index is 0.0255. The summed E-state index contributed by atoms with van der Waals surface area (Å²) in [5.74, 6) is -1.15. The van der Waals surface area contributed by atoms with Crippen LogP contribution in [0, 0.1) is 0 Å². The van der Waals surface area contributed by atoms with Gasteiger partial charge in [-0.2, -0.15) is 0 Å². The van der Waals surface area contributed by atoms with Crippen LogP contribution in [-0.2, 0) is 14.3 Å². The molecule has 1 fully saturated rings. The Morgan fingerprint density at radius 2 is 1.95 bits per heavy atom. The van der Waals surface area contributed by atoms with E-state index in [4.69, 9.17) is 9.84 Å². The lowest BCUT2D eigenvalue weighted by Crippen LogP contribution is -2.34. The molecule has 1 aliphatic heterocycles. The Balaban J connectivity index is 0.000000388. The number of ether oxygens (including phenoxy) is 1. The number of aliphatic carboxylic acids is 1. The van der Waals surface area contributed by atoms with Crippen molar-refractivity contribution < 1.29 is 24.5 Å². The van der Waals surface area contributed by atoms with Crippen molar-refractivity contribution in [1.82, 2.24) is 0 Å². The van der Waals surface area contributed by atoms with Gasteiger partial charge in [0.05, 0.1) is 6.61 Å². The van der Waals surface area contributed by atoms with Gasteiger partial charge >= 0.3 is 11.9 Å². The highest BCUT2D eigenvalue weighted by Crippen LogP contribution is 2.14. The molecule has 5 heteroatoms. The average molecular weight is 288 g/mol. The van der Waals surface area contributed by atoms with E-state index in [1.54, 1.807) is 0 Å². The lowest BCUT2D eigenvalue weighted by atomic mass is 9.98. The molecular formula is C15H28O5. The molecule has 0 amide bonds. The van der Waals surface area contributed by atoms with Crippen LogP contribution in [0.15, 0.2) is 0 Å². The predicted molar refractivity (Wildman–Crippen MR) is 76.4 cm³/mol. The van der Waals surface area contributed by atoms with E-state index in [0.29, 0.717) is 19.4 Å². The van der Waals surface area contributed by atoms with Crippen LogP contribution in [0.25, 0.3) is 0 Å². The smallest absolute Gasteiger partial charge is 0.335 e. The summed E-state index contributed by atoms with van der Waals surface area (Å²) < 4.78 is 4.76. The molecule has 0 saturated carbocycles. The molecule has 0 bridgehead atoms. The number of carboxylic acids is 1. The number of carbonyl (C=O) groups is 2. The SMILES string of the molecule is CCCCCCC(C)(O)C(=O)O.O=C1CCCCCO1. The third kappa shape index (κ3) is 9.78. The second kappa shape index (κ2) is 10.7. The maximum absolute atomic E-state index is 10.5. The monoisotopic (exact) mass is 288 g/mol. The Bertz CT molecular complexity index is 276. The van der Waals surface area contributed by atoms with Crippen LogP contribution in [0.5, 0.6) is 0 Å². The molecule has 1 atom stereocenters. The summed E-state index contributed by atoms with van der Waals surface area (Å²) in [5.41, 5.74) is -1.53. The van der Waals surface area contributed by atoms with Crippen molar-refractivity contribution in [1.29, 1.82) is 0 Å². The fourth-order valence-corrected chi connectivity index (χ4v) is 1.81. The quantitative estimate of drug-likeness (QED) is 0.580. The fraction of sp³-hybridized carbons (Fsp3) is 0.867. The van der Waals surface area contributed by atoms with Crippen molar-refractivity contribution in [3.8, 4) is 0 Å². The minimum atomic E-state index is -1.53. The summed E-state index contributed by atoms with van der Waals surface area (Å²) in [6.07, 6.45) is 8.19. The molecule has 1 saturated heterocycles. The molecular weight excluding hydrogens is 260 g/mol. The van der Waals surface area contributed by atoms with Crippen molar-refractivity contribution in [3.63, 3.8) is 0 Å². The first kappa shape index (κ1) is 18.9. The zero-order valence-electron chi connectivity index (χ0n) is 12.7. The maximum Gasteiger partial charge on any atom is 0.335 e. The van der Waals surface area contributed by atoms with Crippen molar-refractivity contribution in [2.75, 3.05) is 6.61 Å². The largest absolute Gasteiger partial charge is 0.479 e. The molecule has 0 spiro atoms. The van der Waals surface area contributed by atoms with Crippen molar-refractivity contribution >= 4 is 11.9 Å². The number of hydrogen-bond donors (Lipinski definition) is 2. The number of cyclic esters (lactones) is 1. The normalized spacial score (nSPS) is 18.1. The van der Waals surface area contributed by atoms with E-state index in [2.05, 4.69) is 6.92 Å². The summed E-state index contributed by atoms with van der Waals surface area (Å²) in [4.78, 5) is 20.9. The maximum atomic E-state index is 10.5. The van der Waals surface area contributed by atoms with Gasteiger partial charge in [0.15, 0.2) is 5.60 Å². The second-order valence-corrected chi connectivity index (χ2v) is 5.42. The standard InChI is InChI=1S/C9H18O3.C6H10O2/c1-3-4-5-6-7-9(2,12)8(10)11;7-6-4-2-1-3-5-8-6/h12H,3-7H2,1-2H3,(H,10,11);1-5H2. The van der Waals surface area contributed by atoms with Crippen LogP contribution in [0.1, 0.15) is 71.6 Å². The van der Waals surface area contributed by atoms with Gasteiger partial charge in [0.2, 0.25) is 0 Å². The molecule has 0 aliphatic carbocycles.